The Morgan fingerprint density at radius 2 is 1.76 bits per heavy atom. The first kappa shape index (κ1) is 29.9. The Morgan fingerprint density at radius 3 is 2.56 bits per heavy atom. The maximum absolute atomic E-state index is 12.5. The molecule has 1 atom stereocenters. The van der Waals surface area contributed by atoms with Gasteiger partial charge in [-0.05, 0) is 79.6 Å². The molecule has 10 heteroatoms. The Kier molecular flexibility index (Phi) is 8.55. The fraction of sp³-hybridized carbons (Fsp3) is 0.314. The molecule has 2 N–H and O–H groups in total. The lowest BCUT2D eigenvalue weighted by Crippen LogP contribution is -2.29. The molecule has 45 heavy (non-hydrogen) atoms. The van der Waals surface area contributed by atoms with Crippen molar-refractivity contribution in [1.82, 2.24) is 19.7 Å². The second kappa shape index (κ2) is 12.9. The number of rotatable bonds is 9. The molecule has 0 radical (unpaired) electrons. The van der Waals surface area contributed by atoms with Gasteiger partial charge in [-0.1, -0.05) is 30.3 Å². The van der Waals surface area contributed by atoms with Gasteiger partial charge in [0.2, 0.25) is 0 Å². The Hall–Kier alpha value is -5.12. The molecule has 0 saturated carbocycles. The number of carbonyl (C=O) groups excluding carboxylic acids is 2. The topological polar surface area (TPSA) is 122 Å². The van der Waals surface area contributed by atoms with Crippen molar-refractivity contribution < 1.29 is 23.8 Å². The molecule has 1 saturated heterocycles. The molecule has 3 heterocycles. The molecule has 0 spiro atoms. The summed E-state index contributed by atoms with van der Waals surface area (Å²) in [5.74, 6) is 0.810. The summed E-state index contributed by atoms with van der Waals surface area (Å²) in [7, 11) is 0. The summed E-state index contributed by atoms with van der Waals surface area (Å²) in [4.78, 5) is 30.8. The molecule has 1 unspecified atom stereocenters. The number of aryl methyl sites for hydroxylation is 1. The number of nitrogens with zero attached hydrogens (tertiary/aromatic N) is 4. The van der Waals surface area contributed by atoms with Gasteiger partial charge in [-0.2, -0.15) is 5.10 Å². The minimum absolute atomic E-state index is 0.0126. The van der Waals surface area contributed by atoms with Crippen LogP contribution in [0.2, 0.25) is 0 Å². The smallest absolute Gasteiger partial charge is 0.409 e. The van der Waals surface area contributed by atoms with Crippen molar-refractivity contribution >= 4 is 39.6 Å². The Labute approximate surface area is 261 Å². The number of nitrogen functional groups attached to an aromatic ring is 1. The van der Waals surface area contributed by atoms with Gasteiger partial charge in [0.25, 0.3) is 0 Å². The van der Waals surface area contributed by atoms with E-state index in [1.807, 2.05) is 48.9 Å². The molecule has 0 aliphatic carbocycles. The molecule has 1 aliphatic heterocycles. The number of benzene rings is 3. The summed E-state index contributed by atoms with van der Waals surface area (Å²) < 4.78 is 18.8. The molecule has 1 aliphatic rings. The van der Waals surface area contributed by atoms with E-state index in [-0.39, 0.29) is 31.1 Å². The third-order valence-corrected chi connectivity index (χ3v) is 8.31. The summed E-state index contributed by atoms with van der Waals surface area (Å²) in [5, 5.41) is 7.93. The molecule has 5 aromatic rings. The number of aromatic nitrogens is 3. The summed E-state index contributed by atoms with van der Waals surface area (Å²) in [6.07, 6.45) is 2.29. The van der Waals surface area contributed by atoms with Crippen molar-refractivity contribution in [3.63, 3.8) is 0 Å². The van der Waals surface area contributed by atoms with Crippen molar-refractivity contribution in [1.29, 1.82) is 0 Å². The minimum atomic E-state index is -0.305. The average Bonchev–Trinajstić information content (AvgIpc) is 3.67. The first-order chi connectivity index (χ1) is 21.9. The van der Waals surface area contributed by atoms with Crippen molar-refractivity contribution in [2.45, 2.75) is 46.3 Å². The van der Waals surface area contributed by atoms with Crippen LogP contribution in [0.3, 0.4) is 0 Å². The van der Waals surface area contributed by atoms with Crippen molar-refractivity contribution in [2.75, 3.05) is 32.0 Å². The molecular weight excluding hydrogens is 570 g/mol. The maximum Gasteiger partial charge on any atom is 0.409 e. The van der Waals surface area contributed by atoms with Gasteiger partial charge in [0.15, 0.2) is 0 Å². The molecule has 10 nitrogen and oxygen atoms in total. The minimum Gasteiger partial charge on any atom is -0.487 e. The molecule has 232 valence electrons. The van der Waals surface area contributed by atoms with Gasteiger partial charge in [-0.25, -0.2) is 9.78 Å². The van der Waals surface area contributed by atoms with E-state index in [2.05, 4.69) is 35.3 Å². The molecule has 3 aromatic carbocycles. The van der Waals surface area contributed by atoms with E-state index in [1.54, 1.807) is 18.0 Å². The van der Waals surface area contributed by atoms with Crippen LogP contribution in [0.25, 0.3) is 32.8 Å². The molecular formula is C35H37N5O5. The first-order valence-electron chi connectivity index (χ1n) is 15.3. The predicted octanol–water partition coefficient (Wildman–Crippen LogP) is 6.23. The van der Waals surface area contributed by atoms with Crippen LogP contribution >= 0.6 is 0 Å². The van der Waals surface area contributed by atoms with E-state index in [4.69, 9.17) is 25.0 Å². The number of hydrogen-bond donors (Lipinski definition) is 1. The lowest BCUT2D eigenvalue weighted by molar-refractivity contribution is -0.142. The molecule has 1 amide bonds. The second-order valence-corrected chi connectivity index (χ2v) is 11.2. The van der Waals surface area contributed by atoms with E-state index in [0.29, 0.717) is 37.9 Å². The summed E-state index contributed by atoms with van der Waals surface area (Å²) in [6.45, 7) is 7.52. The number of fused-ring (bicyclic) bond motifs is 2. The van der Waals surface area contributed by atoms with E-state index in [0.717, 1.165) is 56.0 Å². The lowest BCUT2D eigenvalue weighted by atomic mass is 10.00. The lowest BCUT2D eigenvalue weighted by Gasteiger charge is -2.16. The van der Waals surface area contributed by atoms with Crippen LogP contribution in [0.1, 0.15) is 43.1 Å². The predicted molar refractivity (Wildman–Crippen MR) is 173 cm³/mol. The standard InChI is InChI=1S/C35H37N5O5/c1-4-43-33(41)19-27-22(3)7-6-8-32(27)45-21-30-29-18-25(24-10-9-23-13-15-37-34(36)28(23)17-24)11-12-31(29)40(38-30)26-14-16-39(20-26)35(42)44-5-2/h6-13,15,17-18,26H,4-5,14,16,19-21H2,1-3H3,(H2,36,37). The van der Waals surface area contributed by atoms with Gasteiger partial charge in [0.1, 0.15) is 23.9 Å². The zero-order chi connectivity index (χ0) is 31.5. The van der Waals surface area contributed by atoms with Crippen LogP contribution in [0, 0.1) is 6.92 Å². The summed E-state index contributed by atoms with van der Waals surface area (Å²) >= 11 is 0. The number of carbonyl (C=O) groups is 2. The maximum atomic E-state index is 12.5. The van der Waals surface area contributed by atoms with Crippen molar-refractivity contribution in [3.8, 4) is 16.9 Å². The molecule has 1 fully saturated rings. The van der Waals surface area contributed by atoms with Crippen LogP contribution in [0.5, 0.6) is 5.75 Å². The van der Waals surface area contributed by atoms with E-state index >= 15 is 0 Å². The average molecular weight is 608 g/mol. The number of ether oxygens (including phenoxy) is 3. The number of likely N-dealkylation sites (tertiary alicyclic amines) is 1. The van der Waals surface area contributed by atoms with Gasteiger partial charge in [0, 0.05) is 35.6 Å². The monoisotopic (exact) mass is 607 g/mol. The van der Waals surface area contributed by atoms with Crippen LogP contribution in [0.15, 0.2) is 66.9 Å². The van der Waals surface area contributed by atoms with Crippen molar-refractivity contribution in [2.24, 2.45) is 0 Å². The number of amides is 1. The highest BCUT2D eigenvalue weighted by Crippen LogP contribution is 2.34. The largest absolute Gasteiger partial charge is 0.487 e. The van der Waals surface area contributed by atoms with Crippen LogP contribution in [0.4, 0.5) is 10.6 Å². The highest BCUT2D eigenvalue weighted by Gasteiger charge is 2.30. The molecule has 6 rings (SSSR count). The highest BCUT2D eigenvalue weighted by atomic mass is 16.6. The Morgan fingerprint density at radius 1 is 0.978 bits per heavy atom. The first-order valence-corrected chi connectivity index (χ1v) is 15.3. The Balaban J connectivity index is 1.37. The fourth-order valence-electron chi connectivity index (χ4n) is 6.00. The van der Waals surface area contributed by atoms with E-state index < -0.39 is 0 Å². The SMILES string of the molecule is CCOC(=O)Cc1c(C)cccc1OCc1nn(C2CCN(C(=O)OCC)C2)c2ccc(-c3ccc4ccnc(N)c4c3)cc12. The van der Waals surface area contributed by atoms with Gasteiger partial charge >= 0.3 is 12.1 Å². The second-order valence-electron chi connectivity index (χ2n) is 11.2. The number of nitrogens with two attached hydrogens (primary N) is 1. The number of hydrogen-bond acceptors (Lipinski definition) is 8. The quantitative estimate of drug-likeness (QED) is 0.196. The van der Waals surface area contributed by atoms with Gasteiger partial charge in [-0.15, -0.1) is 0 Å². The highest BCUT2D eigenvalue weighted by molar-refractivity contribution is 5.95. The van der Waals surface area contributed by atoms with Gasteiger partial charge in [-0.3, -0.25) is 9.48 Å². The van der Waals surface area contributed by atoms with Crippen LogP contribution < -0.4 is 10.5 Å². The number of anilines is 1. The van der Waals surface area contributed by atoms with Crippen LogP contribution in [-0.2, 0) is 27.3 Å². The van der Waals surface area contributed by atoms with Gasteiger partial charge in [0.05, 0.1) is 31.2 Å². The molecule has 2 aromatic heterocycles. The van der Waals surface area contributed by atoms with Crippen LogP contribution in [-0.4, -0.2) is 58.0 Å². The van der Waals surface area contributed by atoms with E-state index in [9.17, 15) is 9.59 Å². The normalized spacial score (nSPS) is 14.6. The third-order valence-electron chi connectivity index (χ3n) is 8.31. The van der Waals surface area contributed by atoms with E-state index in [1.165, 1.54) is 0 Å². The Bertz CT molecular complexity index is 1880. The number of pyridine rings is 1. The molecule has 0 bridgehead atoms. The zero-order valence-corrected chi connectivity index (χ0v) is 25.8. The van der Waals surface area contributed by atoms with Gasteiger partial charge < -0.3 is 24.8 Å². The fourth-order valence-corrected chi connectivity index (χ4v) is 6.00. The number of esters is 1. The summed E-state index contributed by atoms with van der Waals surface area (Å²) in [6, 6.07) is 20.1. The zero-order valence-electron chi connectivity index (χ0n) is 25.8. The van der Waals surface area contributed by atoms with Crippen molar-refractivity contribution in [3.05, 3.63) is 83.7 Å². The summed E-state index contributed by atoms with van der Waals surface area (Å²) in [5.41, 5.74) is 11.7. The third kappa shape index (κ3) is 6.13.